The Kier molecular flexibility index (Phi) is 5.29. The van der Waals surface area contributed by atoms with Crippen molar-refractivity contribution in [1.29, 1.82) is 0 Å². The maximum atomic E-state index is 11.4. The van der Waals surface area contributed by atoms with E-state index in [4.69, 9.17) is 10.5 Å². The van der Waals surface area contributed by atoms with Crippen molar-refractivity contribution in [2.45, 2.75) is 6.92 Å². The van der Waals surface area contributed by atoms with Gasteiger partial charge in [0.05, 0.1) is 13.2 Å². The molecule has 0 heterocycles. The van der Waals surface area contributed by atoms with Crippen molar-refractivity contribution in [2.24, 2.45) is 0 Å². The van der Waals surface area contributed by atoms with Crippen molar-refractivity contribution >= 4 is 17.3 Å². The molecule has 0 spiro atoms. The average Bonchev–Trinajstić information content (AvgIpc) is 2.25. The standard InChI is InChI=1S/C12H19N3O2/c1-9-5-10(13)7-11(6-9)15-8-12(16)14-3-4-17-2/h5-7,15H,3-4,8,13H2,1-2H3,(H,14,16). The van der Waals surface area contributed by atoms with Gasteiger partial charge < -0.3 is 21.1 Å². The Morgan fingerprint density at radius 3 is 2.82 bits per heavy atom. The summed E-state index contributed by atoms with van der Waals surface area (Å²) in [5.74, 6) is -0.0675. The van der Waals surface area contributed by atoms with Crippen molar-refractivity contribution in [3.8, 4) is 0 Å². The van der Waals surface area contributed by atoms with E-state index in [9.17, 15) is 4.79 Å². The van der Waals surface area contributed by atoms with Gasteiger partial charge in [0.1, 0.15) is 0 Å². The van der Waals surface area contributed by atoms with E-state index in [0.717, 1.165) is 11.3 Å². The molecule has 0 aliphatic rings. The minimum Gasteiger partial charge on any atom is -0.399 e. The topological polar surface area (TPSA) is 76.4 Å². The molecule has 0 aliphatic carbocycles. The molecule has 0 radical (unpaired) electrons. The number of nitrogen functional groups attached to an aromatic ring is 1. The zero-order chi connectivity index (χ0) is 12.7. The van der Waals surface area contributed by atoms with Gasteiger partial charge in [-0.2, -0.15) is 0 Å². The minimum absolute atomic E-state index is 0.0675. The molecule has 5 heteroatoms. The molecule has 0 saturated carbocycles. The van der Waals surface area contributed by atoms with Gasteiger partial charge in [-0.1, -0.05) is 0 Å². The predicted molar refractivity (Wildman–Crippen MR) is 69.0 cm³/mol. The number of amides is 1. The molecule has 1 aromatic rings. The van der Waals surface area contributed by atoms with Crippen molar-refractivity contribution in [3.63, 3.8) is 0 Å². The maximum absolute atomic E-state index is 11.4. The van der Waals surface area contributed by atoms with Crippen LogP contribution in [-0.4, -0.2) is 32.7 Å². The zero-order valence-electron chi connectivity index (χ0n) is 10.2. The second-order valence-corrected chi connectivity index (χ2v) is 3.83. The van der Waals surface area contributed by atoms with Crippen LogP contribution in [0.25, 0.3) is 0 Å². The van der Waals surface area contributed by atoms with Gasteiger partial charge in [-0.05, 0) is 30.7 Å². The highest BCUT2D eigenvalue weighted by molar-refractivity contribution is 5.80. The first-order valence-corrected chi connectivity index (χ1v) is 5.48. The molecule has 0 aromatic heterocycles. The molecule has 0 unspecified atom stereocenters. The second-order valence-electron chi connectivity index (χ2n) is 3.83. The van der Waals surface area contributed by atoms with Crippen LogP contribution in [0.5, 0.6) is 0 Å². The number of hydrogen-bond acceptors (Lipinski definition) is 4. The highest BCUT2D eigenvalue weighted by Gasteiger charge is 2.01. The lowest BCUT2D eigenvalue weighted by Gasteiger charge is -2.09. The lowest BCUT2D eigenvalue weighted by atomic mass is 10.2. The van der Waals surface area contributed by atoms with Gasteiger partial charge in [-0.25, -0.2) is 0 Å². The van der Waals surface area contributed by atoms with Gasteiger partial charge in [0.15, 0.2) is 0 Å². The molecule has 0 aliphatic heterocycles. The van der Waals surface area contributed by atoms with Crippen LogP contribution < -0.4 is 16.4 Å². The van der Waals surface area contributed by atoms with Crippen LogP contribution in [0.2, 0.25) is 0 Å². The lowest BCUT2D eigenvalue weighted by Crippen LogP contribution is -2.32. The Hall–Kier alpha value is -1.75. The summed E-state index contributed by atoms with van der Waals surface area (Å²) < 4.78 is 4.83. The molecule has 0 fully saturated rings. The van der Waals surface area contributed by atoms with Crippen molar-refractivity contribution in [3.05, 3.63) is 23.8 Å². The maximum Gasteiger partial charge on any atom is 0.239 e. The number of aryl methyl sites for hydroxylation is 1. The number of ether oxygens (including phenoxy) is 1. The molecule has 0 bridgehead atoms. The Labute approximate surface area is 101 Å². The number of nitrogens with two attached hydrogens (primary N) is 1. The third-order valence-electron chi connectivity index (χ3n) is 2.18. The number of methoxy groups -OCH3 is 1. The summed E-state index contributed by atoms with van der Waals surface area (Å²) in [6.45, 7) is 3.23. The number of nitrogens with one attached hydrogen (secondary N) is 2. The van der Waals surface area contributed by atoms with Crippen LogP contribution in [0.3, 0.4) is 0 Å². The van der Waals surface area contributed by atoms with E-state index >= 15 is 0 Å². The predicted octanol–water partition coefficient (Wildman–Crippen LogP) is 0.752. The number of hydrogen-bond donors (Lipinski definition) is 3. The van der Waals surface area contributed by atoms with Crippen molar-refractivity contribution < 1.29 is 9.53 Å². The fraction of sp³-hybridized carbons (Fsp3) is 0.417. The molecule has 5 nitrogen and oxygen atoms in total. The molecule has 94 valence electrons. The molecule has 17 heavy (non-hydrogen) atoms. The molecule has 1 aromatic carbocycles. The third-order valence-corrected chi connectivity index (χ3v) is 2.18. The van der Waals surface area contributed by atoms with E-state index in [1.165, 1.54) is 0 Å². The Morgan fingerprint density at radius 1 is 1.41 bits per heavy atom. The fourth-order valence-corrected chi connectivity index (χ4v) is 1.45. The third kappa shape index (κ3) is 5.21. The van der Waals surface area contributed by atoms with Crippen molar-refractivity contribution in [1.82, 2.24) is 5.32 Å². The molecule has 1 rings (SSSR count). The van der Waals surface area contributed by atoms with Crippen LogP contribution >= 0.6 is 0 Å². The molecule has 1 amide bonds. The lowest BCUT2D eigenvalue weighted by molar-refractivity contribution is -0.119. The van der Waals surface area contributed by atoms with E-state index in [1.807, 2.05) is 19.1 Å². The van der Waals surface area contributed by atoms with Gasteiger partial charge in [0.2, 0.25) is 5.91 Å². The number of anilines is 2. The van der Waals surface area contributed by atoms with Crippen LogP contribution in [0.1, 0.15) is 5.56 Å². The van der Waals surface area contributed by atoms with Crippen molar-refractivity contribution in [2.75, 3.05) is 37.9 Å². The fourth-order valence-electron chi connectivity index (χ4n) is 1.45. The highest BCUT2D eigenvalue weighted by atomic mass is 16.5. The smallest absolute Gasteiger partial charge is 0.239 e. The normalized spacial score (nSPS) is 10.0. The first-order chi connectivity index (χ1) is 8.11. The minimum atomic E-state index is -0.0675. The first kappa shape index (κ1) is 13.3. The average molecular weight is 237 g/mol. The SMILES string of the molecule is COCCNC(=O)CNc1cc(C)cc(N)c1. The molecule has 0 saturated heterocycles. The van der Waals surface area contributed by atoms with E-state index in [0.29, 0.717) is 18.8 Å². The monoisotopic (exact) mass is 237 g/mol. The van der Waals surface area contributed by atoms with Crippen LogP contribution in [0.15, 0.2) is 18.2 Å². The quantitative estimate of drug-likeness (QED) is 0.504. The summed E-state index contributed by atoms with van der Waals surface area (Å²) >= 11 is 0. The molecular weight excluding hydrogens is 218 g/mol. The van der Waals surface area contributed by atoms with Gasteiger partial charge in [0.25, 0.3) is 0 Å². The Balaban J connectivity index is 2.36. The van der Waals surface area contributed by atoms with E-state index in [1.54, 1.807) is 13.2 Å². The van der Waals surface area contributed by atoms with E-state index in [-0.39, 0.29) is 12.5 Å². The van der Waals surface area contributed by atoms with E-state index < -0.39 is 0 Å². The second kappa shape index (κ2) is 6.75. The number of carbonyl (C=O) groups excluding carboxylic acids is 1. The van der Waals surface area contributed by atoms with Gasteiger partial charge >= 0.3 is 0 Å². The van der Waals surface area contributed by atoms with Gasteiger partial charge in [0, 0.05) is 25.0 Å². The highest BCUT2D eigenvalue weighted by Crippen LogP contribution is 2.15. The van der Waals surface area contributed by atoms with Crippen LogP contribution in [0, 0.1) is 6.92 Å². The summed E-state index contributed by atoms with van der Waals surface area (Å²) in [5, 5.41) is 5.75. The largest absolute Gasteiger partial charge is 0.399 e. The van der Waals surface area contributed by atoms with Gasteiger partial charge in [-0.3, -0.25) is 4.79 Å². The summed E-state index contributed by atoms with van der Waals surface area (Å²) in [5.41, 5.74) is 8.31. The molecule has 4 N–H and O–H groups in total. The van der Waals surface area contributed by atoms with Crippen LogP contribution in [-0.2, 0) is 9.53 Å². The molecule has 0 atom stereocenters. The number of benzene rings is 1. The van der Waals surface area contributed by atoms with Gasteiger partial charge in [-0.15, -0.1) is 0 Å². The first-order valence-electron chi connectivity index (χ1n) is 5.48. The summed E-state index contributed by atoms with van der Waals surface area (Å²) in [4.78, 5) is 11.4. The zero-order valence-corrected chi connectivity index (χ0v) is 10.2. The number of rotatable bonds is 6. The summed E-state index contributed by atoms with van der Waals surface area (Å²) in [6, 6.07) is 5.62. The van der Waals surface area contributed by atoms with E-state index in [2.05, 4.69) is 10.6 Å². The Bertz CT molecular complexity index is 360. The summed E-state index contributed by atoms with van der Waals surface area (Å²) in [7, 11) is 1.60. The Morgan fingerprint density at radius 2 is 2.18 bits per heavy atom. The molecular formula is C12H19N3O2. The number of carbonyl (C=O) groups is 1. The van der Waals surface area contributed by atoms with Crippen LogP contribution in [0.4, 0.5) is 11.4 Å². The summed E-state index contributed by atoms with van der Waals surface area (Å²) in [6.07, 6.45) is 0.